The van der Waals surface area contributed by atoms with Crippen LogP contribution in [0.5, 0.6) is 0 Å². The van der Waals surface area contributed by atoms with Crippen molar-refractivity contribution < 1.29 is 14.3 Å². The summed E-state index contributed by atoms with van der Waals surface area (Å²) in [5.41, 5.74) is 0.309. The number of urea groups is 1. The topological polar surface area (TPSA) is 74.8 Å². The highest BCUT2D eigenvalue weighted by Gasteiger charge is 2.30. The van der Waals surface area contributed by atoms with E-state index in [0.717, 1.165) is 25.0 Å². The van der Waals surface area contributed by atoms with Gasteiger partial charge in [0.1, 0.15) is 5.60 Å². The van der Waals surface area contributed by atoms with Crippen molar-refractivity contribution in [3.05, 3.63) is 30.1 Å². The first kappa shape index (κ1) is 20.0. The maximum Gasteiger partial charge on any atom is 0.410 e. The summed E-state index contributed by atoms with van der Waals surface area (Å²) in [5, 5.41) is 2.93. The Balaban J connectivity index is 1.87. The number of likely N-dealkylation sites (tertiary alicyclic amines) is 1. The fraction of sp³-hybridized carbons (Fsp3) is 0.632. The minimum absolute atomic E-state index is 0.0363. The average Bonchev–Trinajstić information content (AvgIpc) is 2.59. The van der Waals surface area contributed by atoms with Gasteiger partial charge in [0.05, 0.1) is 18.3 Å². The van der Waals surface area contributed by atoms with Gasteiger partial charge in [-0.3, -0.25) is 4.98 Å². The van der Waals surface area contributed by atoms with Crippen LogP contribution in [0.1, 0.15) is 45.7 Å². The number of hydrogen-bond donors (Lipinski definition) is 1. The first-order valence-corrected chi connectivity index (χ1v) is 9.15. The Morgan fingerprint density at radius 1 is 1.35 bits per heavy atom. The van der Waals surface area contributed by atoms with Gasteiger partial charge in [0.25, 0.3) is 0 Å². The van der Waals surface area contributed by atoms with Crippen LogP contribution in [0, 0.1) is 0 Å². The van der Waals surface area contributed by atoms with E-state index in [4.69, 9.17) is 4.74 Å². The van der Waals surface area contributed by atoms with E-state index in [1.54, 1.807) is 23.0 Å². The minimum Gasteiger partial charge on any atom is -0.444 e. The molecule has 1 N–H and O–H groups in total. The van der Waals surface area contributed by atoms with Gasteiger partial charge in [-0.1, -0.05) is 6.07 Å². The van der Waals surface area contributed by atoms with Crippen molar-refractivity contribution >= 4 is 12.1 Å². The van der Waals surface area contributed by atoms with Gasteiger partial charge >= 0.3 is 12.1 Å². The summed E-state index contributed by atoms with van der Waals surface area (Å²) < 4.78 is 5.50. The zero-order chi connectivity index (χ0) is 19.2. The molecule has 144 valence electrons. The number of amides is 3. The fourth-order valence-corrected chi connectivity index (χ4v) is 2.92. The second kappa shape index (κ2) is 8.87. The van der Waals surface area contributed by atoms with Gasteiger partial charge in [-0.25, -0.2) is 9.59 Å². The third-order valence-electron chi connectivity index (χ3n) is 4.22. The number of carbonyl (C=O) groups excluding carboxylic acids is 2. The molecule has 0 spiro atoms. The van der Waals surface area contributed by atoms with E-state index in [9.17, 15) is 9.59 Å². The van der Waals surface area contributed by atoms with Gasteiger partial charge in [-0.15, -0.1) is 0 Å². The van der Waals surface area contributed by atoms with Crippen LogP contribution in [0.25, 0.3) is 0 Å². The molecule has 7 heteroatoms. The molecule has 1 fully saturated rings. The monoisotopic (exact) mass is 362 g/mol. The van der Waals surface area contributed by atoms with Crippen LogP contribution in [-0.4, -0.2) is 58.7 Å². The molecule has 0 saturated carbocycles. The fourth-order valence-electron chi connectivity index (χ4n) is 2.92. The van der Waals surface area contributed by atoms with Crippen LogP contribution < -0.4 is 5.32 Å². The van der Waals surface area contributed by atoms with Gasteiger partial charge < -0.3 is 19.9 Å². The zero-order valence-electron chi connectivity index (χ0n) is 16.2. The molecule has 3 amide bonds. The lowest BCUT2D eigenvalue weighted by Crippen LogP contribution is -2.52. The van der Waals surface area contributed by atoms with Crippen LogP contribution in [0.3, 0.4) is 0 Å². The molecule has 1 atom stereocenters. The molecule has 1 aromatic heterocycles. The van der Waals surface area contributed by atoms with E-state index < -0.39 is 5.60 Å². The normalized spacial score (nSPS) is 17.5. The maximum atomic E-state index is 12.4. The number of pyridine rings is 1. The van der Waals surface area contributed by atoms with Crippen LogP contribution in [0.4, 0.5) is 9.59 Å². The third kappa shape index (κ3) is 6.20. The number of piperidine rings is 1. The van der Waals surface area contributed by atoms with Crippen molar-refractivity contribution in [3.8, 4) is 0 Å². The van der Waals surface area contributed by atoms with Crippen LogP contribution in [0.2, 0.25) is 0 Å². The van der Waals surface area contributed by atoms with Gasteiger partial charge in [-0.05, 0) is 52.2 Å². The van der Waals surface area contributed by atoms with E-state index in [-0.39, 0.29) is 18.2 Å². The molecule has 2 rings (SSSR count). The Bertz CT molecular complexity index is 601. The van der Waals surface area contributed by atoms with Crippen molar-refractivity contribution in [2.24, 2.45) is 0 Å². The van der Waals surface area contributed by atoms with E-state index >= 15 is 0 Å². The average molecular weight is 362 g/mol. The van der Waals surface area contributed by atoms with Crippen molar-refractivity contribution in [2.45, 2.75) is 58.2 Å². The van der Waals surface area contributed by atoms with E-state index in [1.807, 2.05) is 39.0 Å². The molecule has 2 heterocycles. The number of rotatable bonds is 4. The first-order valence-electron chi connectivity index (χ1n) is 9.15. The van der Waals surface area contributed by atoms with Crippen LogP contribution >= 0.6 is 0 Å². The molecule has 0 aromatic carbocycles. The lowest BCUT2D eigenvalue weighted by atomic mass is 10.0. The number of nitrogens with zero attached hydrogens (tertiary/aromatic N) is 3. The van der Waals surface area contributed by atoms with Gasteiger partial charge in [0, 0.05) is 26.3 Å². The molecule has 0 radical (unpaired) electrons. The van der Waals surface area contributed by atoms with Crippen molar-refractivity contribution in [3.63, 3.8) is 0 Å². The van der Waals surface area contributed by atoms with Gasteiger partial charge in [0.15, 0.2) is 0 Å². The summed E-state index contributed by atoms with van der Waals surface area (Å²) in [6.45, 7) is 7.10. The molecular weight excluding hydrogens is 332 g/mol. The Labute approximate surface area is 155 Å². The smallest absolute Gasteiger partial charge is 0.410 e. The maximum absolute atomic E-state index is 12.4. The van der Waals surface area contributed by atoms with Crippen LogP contribution in [-0.2, 0) is 11.3 Å². The molecule has 1 saturated heterocycles. The Kier molecular flexibility index (Phi) is 6.83. The number of aromatic nitrogens is 1. The number of hydrogen-bond acceptors (Lipinski definition) is 4. The summed E-state index contributed by atoms with van der Waals surface area (Å²) >= 11 is 0. The van der Waals surface area contributed by atoms with E-state index in [2.05, 4.69) is 10.3 Å². The summed E-state index contributed by atoms with van der Waals surface area (Å²) in [6.07, 6.45) is 4.27. The molecule has 0 bridgehead atoms. The molecule has 26 heavy (non-hydrogen) atoms. The van der Waals surface area contributed by atoms with Crippen molar-refractivity contribution in [1.29, 1.82) is 0 Å². The summed E-state index contributed by atoms with van der Waals surface area (Å²) in [6, 6.07) is 5.41. The van der Waals surface area contributed by atoms with Crippen LogP contribution in [0.15, 0.2) is 24.4 Å². The van der Waals surface area contributed by atoms with Crippen molar-refractivity contribution in [2.75, 3.05) is 20.1 Å². The number of nitrogens with one attached hydrogen (secondary N) is 1. The Morgan fingerprint density at radius 3 is 2.77 bits per heavy atom. The second-order valence-electron chi connectivity index (χ2n) is 7.69. The largest absolute Gasteiger partial charge is 0.444 e. The van der Waals surface area contributed by atoms with Gasteiger partial charge in [0.2, 0.25) is 0 Å². The zero-order valence-corrected chi connectivity index (χ0v) is 16.2. The predicted molar refractivity (Wildman–Crippen MR) is 99.7 cm³/mol. The first-order chi connectivity index (χ1) is 12.3. The highest BCUT2D eigenvalue weighted by atomic mass is 16.6. The molecule has 7 nitrogen and oxygen atoms in total. The van der Waals surface area contributed by atoms with E-state index in [0.29, 0.717) is 19.6 Å². The molecule has 1 unspecified atom stereocenters. The summed E-state index contributed by atoms with van der Waals surface area (Å²) in [5.74, 6) is 0. The lowest BCUT2D eigenvalue weighted by Gasteiger charge is -2.37. The summed E-state index contributed by atoms with van der Waals surface area (Å²) in [7, 11) is 1.73. The highest BCUT2D eigenvalue weighted by Crippen LogP contribution is 2.20. The number of carbonyl (C=O) groups is 2. The molecule has 1 aliphatic heterocycles. The number of ether oxygens (including phenoxy) is 1. The molecule has 1 aromatic rings. The predicted octanol–water partition coefficient (Wildman–Crippen LogP) is 3.01. The standard InChI is InChI=1S/C19H30N4O3/c1-19(2,3)26-18(25)23-12-8-6-10-16(23)13-21-17(24)22(4)14-15-9-5-7-11-20-15/h5,7,9,11,16H,6,8,10,12-14H2,1-4H3,(H,21,24). The lowest BCUT2D eigenvalue weighted by molar-refractivity contribution is 0.0101. The second-order valence-corrected chi connectivity index (χ2v) is 7.69. The molecular formula is C19H30N4O3. The van der Waals surface area contributed by atoms with E-state index in [1.165, 1.54) is 0 Å². The SMILES string of the molecule is CN(Cc1ccccn1)C(=O)NCC1CCCCN1C(=O)OC(C)(C)C. The highest BCUT2D eigenvalue weighted by molar-refractivity contribution is 5.74. The molecule has 1 aliphatic rings. The minimum atomic E-state index is -0.523. The van der Waals surface area contributed by atoms with Gasteiger partial charge in [-0.2, -0.15) is 0 Å². The third-order valence-corrected chi connectivity index (χ3v) is 4.22. The quantitative estimate of drug-likeness (QED) is 0.893. The molecule has 0 aliphatic carbocycles. The summed E-state index contributed by atoms with van der Waals surface area (Å²) in [4.78, 5) is 32.3. The Morgan fingerprint density at radius 2 is 2.12 bits per heavy atom. The van der Waals surface area contributed by atoms with Crippen molar-refractivity contribution in [1.82, 2.24) is 20.1 Å². The Hall–Kier alpha value is -2.31.